The normalized spacial score (nSPS) is 14.4. The van der Waals surface area contributed by atoms with Crippen molar-refractivity contribution in [2.24, 2.45) is 5.92 Å². The second-order valence-corrected chi connectivity index (χ2v) is 4.46. The summed E-state index contributed by atoms with van der Waals surface area (Å²) in [5, 5.41) is 8.66. The van der Waals surface area contributed by atoms with Gasteiger partial charge < -0.3 is 10.0 Å². The van der Waals surface area contributed by atoms with Crippen molar-refractivity contribution >= 4 is 11.9 Å². The zero-order valence-corrected chi connectivity index (χ0v) is 9.72. The molecule has 90 valence electrons. The lowest BCUT2D eigenvalue weighted by molar-refractivity contribution is -0.145. The molecule has 0 heterocycles. The van der Waals surface area contributed by atoms with Gasteiger partial charge in [0.05, 0.1) is 0 Å². The molecule has 0 spiro atoms. The number of carbonyl (C=O) groups is 2. The van der Waals surface area contributed by atoms with E-state index in [0.29, 0.717) is 0 Å². The van der Waals surface area contributed by atoms with Gasteiger partial charge in [0.2, 0.25) is 5.91 Å². The summed E-state index contributed by atoms with van der Waals surface area (Å²) in [6.07, 6.45) is 1.44. The maximum absolute atomic E-state index is 12.0. The molecule has 1 amide bonds. The molecule has 0 radical (unpaired) electrons. The Hall–Kier alpha value is -1.84. The summed E-state index contributed by atoms with van der Waals surface area (Å²) in [4.78, 5) is 23.9. The van der Waals surface area contributed by atoms with E-state index >= 15 is 0 Å². The van der Waals surface area contributed by atoms with Crippen molar-refractivity contribution in [2.45, 2.75) is 12.8 Å². The summed E-state index contributed by atoms with van der Waals surface area (Å²) in [7, 11) is 1.54. The summed E-state index contributed by atoms with van der Waals surface area (Å²) in [5.41, 5.74) is 2.41. The first kappa shape index (κ1) is 11.6. The van der Waals surface area contributed by atoms with Crippen LogP contribution in [-0.4, -0.2) is 35.5 Å². The van der Waals surface area contributed by atoms with Crippen LogP contribution in [0.3, 0.4) is 0 Å². The number of carbonyl (C=O) groups excluding carboxylic acids is 1. The zero-order chi connectivity index (χ0) is 12.4. The molecule has 1 aromatic carbocycles. The quantitative estimate of drug-likeness (QED) is 0.845. The van der Waals surface area contributed by atoms with E-state index in [1.54, 1.807) is 7.05 Å². The van der Waals surface area contributed by atoms with Crippen molar-refractivity contribution in [1.82, 2.24) is 4.90 Å². The van der Waals surface area contributed by atoms with Crippen molar-refractivity contribution in [3.05, 3.63) is 35.4 Å². The molecule has 1 aromatic rings. The van der Waals surface area contributed by atoms with Gasteiger partial charge in [0.1, 0.15) is 6.54 Å². The van der Waals surface area contributed by atoms with Crippen LogP contribution in [0.1, 0.15) is 11.1 Å². The molecule has 2 rings (SSSR count). The predicted octanol–water partition coefficient (Wildman–Crippen LogP) is 0.944. The minimum Gasteiger partial charge on any atom is -0.480 e. The third kappa shape index (κ3) is 2.46. The van der Waals surface area contributed by atoms with Crippen LogP contribution in [0, 0.1) is 5.92 Å². The SMILES string of the molecule is CN(CC(=O)O)C(=O)C1Cc2ccccc2C1. The Balaban J connectivity index is 2.03. The Morgan fingerprint density at radius 3 is 2.29 bits per heavy atom. The average Bonchev–Trinajstić information content (AvgIpc) is 2.70. The van der Waals surface area contributed by atoms with Crippen LogP contribution >= 0.6 is 0 Å². The van der Waals surface area contributed by atoms with Crippen LogP contribution in [0.4, 0.5) is 0 Å². The van der Waals surface area contributed by atoms with E-state index in [1.807, 2.05) is 24.3 Å². The van der Waals surface area contributed by atoms with Gasteiger partial charge in [0.15, 0.2) is 0 Å². The molecule has 1 aliphatic carbocycles. The molecule has 0 saturated carbocycles. The first-order valence-electron chi connectivity index (χ1n) is 5.61. The molecular weight excluding hydrogens is 218 g/mol. The van der Waals surface area contributed by atoms with Crippen LogP contribution in [0.2, 0.25) is 0 Å². The van der Waals surface area contributed by atoms with E-state index in [9.17, 15) is 9.59 Å². The van der Waals surface area contributed by atoms with E-state index in [2.05, 4.69) is 0 Å². The van der Waals surface area contributed by atoms with E-state index in [0.717, 1.165) is 12.8 Å². The molecule has 0 atom stereocenters. The fraction of sp³-hybridized carbons (Fsp3) is 0.385. The fourth-order valence-corrected chi connectivity index (χ4v) is 2.33. The van der Waals surface area contributed by atoms with Crippen molar-refractivity contribution in [3.8, 4) is 0 Å². The second kappa shape index (κ2) is 4.57. The highest BCUT2D eigenvalue weighted by Gasteiger charge is 2.29. The van der Waals surface area contributed by atoms with Gasteiger partial charge in [-0.3, -0.25) is 9.59 Å². The second-order valence-electron chi connectivity index (χ2n) is 4.46. The molecule has 1 N–H and O–H groups in total. The molecule has 0 unspecified atom stereocenters. The van der Waals surface area contributed by atoms with Gasteiger partial charge >= 0.3 is 5.97 Å². The highest BCUT2D eigenvalue weighted by atomic mass is 16.4. The minimum atomic E-state index is -0.976. The van der Waals surface area contributed by atoms with E-state index in [1.165, 1.54) is 16.0 Å². The molecule has 0 aliphatic heterocycles. The topological polar surface area (TPSA) is 57.6 Å². The number of nitrogens with zero attached hydrogens (tertiary/aromatic N) is 1. The number of hydrogen-bond acceptors (Lipinski definition) is 2. The molecule has 17 heavy (non-hydrogen) atoms. The molecular formula is C13H15NO3. The lowest BCUT2D eigenvalue weighted by Gasteiger charge is -2.18. The van der Waals surface area contributed by atoms with Gasteiger partial charge in [0.25, 0.3) is 0 Å². The number of rotatable bonds is 3. The summed E-state index contributed by atoms with van der Waals surface area (Å²) in [6, 6.07) is 7.99. The van der Waals surface area contributed by atoms with E-state index < -0.39 is 5.97 Å². The number of aliphatic carboxylic acids is 1. The number of carboxylic acid groups (broad SMARTS) is 1. The van der Waals surface area contributed by atoms with Gasteiger partial charge in [-0.15, -0.1) is 0 Å². The first-order chi connectivity index (χ1) is 8.08. The lowest BCUT2D eigenvalue weighted by atomic mass is 10.1. The number of carboxylic acids is 1. The van der Waals surface area contributed by atoms with E-state index in [4.69, 9.17) is 5.11 Å². The van der Waals surface area contributed by atoms with Gasteiger partial charge in [-0.1, -0.05) is 24.3 Å². The monoisotopic (exact) mass is 233 g/mol. The minimum absolute atomic E-state index is 0.0800. The van der Waals surface area contributed by atoms with Crippen LogP contribution in [0.5, 0.6) is 0 Å². The largest absolute Gasteiger partial charge is 0.480 e. The maximum Gasteiger partial charge on any atom is 0.323 e. The van der Waals surface area contributed by atoms with Crippen molar-refractivity contribution < 1.29 is 14.7 Å². The van der Waals surface area contributed by atoms with Gasteiger partial charge in [0, 0.05) is 13.0 Å². The fourth-order valence-electron chi connectivity index (χ4n) is 2.33. The predicted molar refractivity (Wildman–Crippen MR) is 62.6 cm³/mol. The number of likely N-dealkylation sites (N-methyl/N-ethyl adjacent to an activating group) is 1. The first-order valence-corrected chi connectivity index (χ1v) is 5.61. The smallest absolute Gasteiger partial charge is 0.323 e. The maximum atomic E-state index is 12.0. The third-order valence-corrected chi connectivity index (χ3v) is 3.15. The van der Waals surface area contributed by atoms with Crippen LogP contribution in [0.25, 0.3) is 0 Å². The summed E-state index contributed by atoms with van der Waals surface area (Å²) >= 11 is 0. The van der Waals surface area contributed by atoms with Gasteiger partial charge in [-0.05, 0) is 24.0 Å². The highest BCUT2D eigenvalue weighted by Crippen LogP contribution is 2.27. The molecule has 1 aliphatic rings. The third-order valence-electron chi connectivity index (χ3n) is 3.15. The standard InChI is InChI=1S/C13H15NO3/c1-14(8-12(15)16)13(17)11-6-9-4-2-3-5-10(9)7-11/h2-5,11H,6-8H2,1H3,(H,15,16). The lowest BCUT2D eigenvalue weighted by Crippen LogP contribution is -2.36. The average molecular weight is 233 g/mol. The Morgan fingerprint density at radius 2 is 1.82 bits per heavy atom. The zero-order valence-electron chi connectivity index (χ0n) is 9.72. The number of hydrogen-bond donors (Lipinski definition) is 1. The molecule has 0 bridgehead atoms. The number of fused-ring (bicyclic) bond motifs is 1. The summed E-state index contributed by atoms with van der Waals surface area (Å²) in [5.74, 6) is -1.16. The van der Waals surface area contributed by atoms with E-state index in [-0.39, 0.29) is 18.4 Å². The molecule has 4 nitrogen and oxygen atoms in total. The summed E-state index contributed by atoms with van der Waals surface area (Å²) in [6.45, 7) is -0.230. The highest BCUT2D eigenvalue weighted by molar-refractivity contribution is 5.83. The Bertz CT molecular complexity index is 431. The molecule has 0 saturated heterocycles. The molecule has 0 fully saturated rings. The van der Waals surface area contributed by atoms with Gasteiger partial charge in [-0.25, -0.2) is 0 Å². The van der Waals surface area contributed by atoms with Gasteiger partial charge in [-0.2, -0.15) is 0 Å². The van der Waals surface area contributed by atoms with Crippen molar-refractivity contribution in [1.29, 1.82) is 0 Å². The van der Waals surface area contributed by atoms with Crippen LogP contribution in [-0.2, 0) is 22.4 Å². The molecule has 0 aromatic heterocycles. The number of benzene rings is 1. The molecule has 4 heteroatoms. The van der Waals surface area contributed by atoms with Crippen molar-refractivity contribution in [2.75, 3.05) is 13.6 Å². The summed E-state index contributed by atoms with van der Waals surface area (Å²) < 4.78 is 0. The Kier molecular flexibility index (Phi) is 3.13. The van der Waals surface area contributed by atoms with Crippen LogP contribution in [0.15, 0.2) is 24.3 Å². The Labute approximate surface area is 99.9 Å². The Morgan fingerprint density at radius 1 is 1.29 bits per heavy atom. The van der Waals surface area contributed by atoms with Crippen molar-refractivity contribution in [3.63, 3.8) is 0 Å². The van der Waals surface area contributed by atoms with Crippen LogP contribution < -0.4 is 0 Å². The number of amides is 1.